The number of nitrogens with one attached hydrogen (secondary N) is 2. The first-order valence-electron chi connectivity index (χ1n) is 6.44. The number of ether oxygens (including phenoxy) is 1. The van der Waals surface area contributed by atoms with Gasteiger partial charge < -0.3 is 9.72 Å². The van der Waals surface area contributed by atoms with E-state index >= 15 is 0 Å². The number of H-pyrrole nitrogens is 1. The van der Waals surface area contributed by atoms with Crippen molar-refractivity contribution in [3.63, 3.8) is 0 Å². The Morgan fingerprint density at radius 1 is 1.18 bits per heavy atom. The minimum Gasteiger partial charge on any atom is -0.495 e. The Balaban J connectivity index is 2.00. The first-order chi connectivity index (χ1) is 10.5. The fraction of sp³-hybridized carbons (Fsp3) is 0.0667. The van der Waals surface area contributed by atoms with Crippen molar-refractivity contribution in [2.45, 2.75) is 4.90 Å². The molecule has 1 aromatic heterocycles. The van der Waals surface area contributed by atoms with E-state index in [1.807, 2.05) is 12.1 Å². The Morgan fingerprint density at radius 3 is 2.73 bits per heavy atom. The lowest BCUT2D eigenvalue weighted by Gasteiger charge is -2.10. The Labute approximate surface area is 132 Å². The predicted octanol–water partition coefficient (Wildman–Crippen LogP) is 3.63. The number of hydrogen-bond acceptors (Lipinski definition) is 3. The second-order valence-electron chi connectivity index (χ2n) is 4.65. The molecule has 22 heavy (non-hydrogen) atoms. The summed E-state index contributed by atoms with van der Waals surface area (Å²) in [5, 5.41) is 1.04. The van der Waals surface area contributed by atoms with Crippen molar-refractivity contribution in [2.75, 3.05) is 11.8 Å². The molecule has 0 unspecified atom stereocenters. The number of sulfonamides is 1. The average molecular weight is 337 g/mol. The number of halogens is 1. The van der Waals surface area contributed by atoms with Crippen LogP contribution >= 0.6 is 11.6 Å². The van der Waals surface area contributed by atoms with Crippen LogP contribution in [0.2, 0.25) is 5.02 Å². The molecule has 3 aromatic rings. The third kappa shape index (κ3) is 2.63. The summed E-state index contributed by atoms with van der Waals surface area (Å²) >= 11 is 5.99. The maximum Gasteiger partial charge on any atom is 0.261 e. The first kappa shape index (κ1) is 14.7. The summed E-state index contributed by atoms with van der Waals surface area (Å²) < 4.78 is 32.6. The minimum absolute atomic E-state index is 0.0749. The van der Waals surface area contributed by atoms with E-state index in [1.165, 1.54) is 25.3 Å². The molecule has 3 rings (SSSR count). The quantitative estimate of drug-likeness (QED) is 0.764. The Bertz CT molecular complexity index is 935. The summed E-state index contributed by atoms with van der Waals surface area (Å²) in [7, 11) is -2.26. The molecule has 0 spiro atoms. The second kappa shape index (κ2) is 5.55. The average Bonchev–Trinajstić information content (AvgIpc) is 2.96. The Morgan fingerprint density at radius 2 is 2.00 bits per heavy atom. The highest BCUT2D eigenvalue weighted by molar-refractivity contribution is 7.92. The molecule has 7 heteroatoms. The summed E-state index contributed by atoms with van der Waals surface area (Å²) in [4.78, 5) is 3.11. The van der Waals surface area contributed by atoms with Crippen molar-refractivity contribution in [1.82, 2.24) is 4.98 Å². The fourth-order valence-corrected chi connectivity index (χ4v) is 3.62. The van der Waals surface area contributed by atoms with Crippen LogP contribution in [0, 0.1) is 0 Å². The zero-order valence-electron chi connectivity index (χ0n) is 11.6. The largest absolute Gasteiger partial charge is 0.495 e. The molecule has 0 aliphatic rings. The van der Waals surface area contributed by atoms with Crippen LogP contribution in [0.1, 0.15) is 0 Å². The van der Waals surface area contributed by atoms with Gasteiger partial charge in [-0.25, -0.2) is 8.42 Å². The molecule has 0 saturated carbocycles. The second-order valence-corrected chi connectivity index (χ2v) is 6.74. The molecular formula is C15H13ClN2O3S. The predicted molar refractivity (Wildman–Crippen MR) is 87.1 cm³/mol. The van der Waals surface area contributed by atoms with Crippen molar-refractivity contribution in [2.24, 2.45) is 0 Å². The zero-order valence-corrected chi connectivity index (χ0v) is 13.2. The van der Waals surface area contributed by atoms with E-state index in [9.17, 15) is 8.42 Å². The van der Waals surface area contributed by atoms with Crippen LogP contribution < -0.4 is 9.46 Å². The fourth-order valence-electron chi connectivity index (χ4n) is 2.19. The number of benzene rings is 2. The van der Waals surface area contributed by atoms with Crippen molar-refractivity contribution < 1.29 is 13.2 Å². The summed E-state index contributed by atoms with van der Waals surface area (Å²) in [6, 6.07) is 11.5. The normalized spacial score (nSPS) is 11.5. The standard InChI is InChI=1S/C15H13ClN2O3S/c1-21-15-6-5-10(9-12(15)16)22(19,20)18-14-4-2-3-13-11(14)7-8-17-13/h2-9,17-18H,1H3. The topological polar surface area (TPSA) is 71.2 Å². The number of methoxy groups -OCH3 is 1. The Kier molecular flexibility index (Phi) is 3.72. The van der Waals surface area contributed by atoms with Crippen LogP contribution in [-0.2, 0) is 10.0 Å². The third-order valence-electron chi connectivity index (χ3n) is 3.27. The number of rotatable bonds is 4. The lowest BCUT2D eigenvalue weighted by molar-refractivity contribution is 0.414. The van der Waals surface area contributed by atoms with Crippen LogP contribution in [0.5, 0.6) is 5.75 Å². The Hall–Kier alpha value is -2.18. The van der Waals surface area contributed by atoms with Gasteiger partial charge in [-0.3, -0.25) is 4.72 Å². The molecule has 0 atom stereocenters. The molecule has 2 aromatic carbocycles. The van der Waals surface area contributed by atoms with E-state index in [-0.39, 0.29) is 9.92 Å². The van der Waals surface area contributed by atoms with Gasteiger partial charge in [0.1, 0.15) is 5.75 Å². The van der Waals surface area contributed by atoms with Crippen molar-refractivity contribution in [1.29, 1.82) is 0 Å². The van der Waals surface area contributed by atoms with Crippen LogP contribution in [0.3, 0.4) is 0 Å². The lowest BCUT2D eigenvalue weighted by Crippen LogP contribution is -2.13. The molecule has 0 saturated heterocycles. The third-order valence-corrected chi connectivity index (χ3v) is 4.93. The monoisotopic (exact) mass is 336 g/mol. The zero-order chi connectivity index (χ0) is 15.7. The first-order valence-corrected chi connectivity index (χ1v) is 8.30. The van der Waals surface area contributed by atoms with Crippen LogP contribution in [0.15, 0.2) is 53.6 Å². The summed E-state index contributed by atoms with van der Waals surface area (Å²) in [5.41, 5.74) is 1.36. The van der Waals surface area contributed by atoms with Crippen molar-refractivity contribution >= 4 is 38.2 Å². The van der Waals surface area contributed by atoms with Gasteiger partial charge in [0.15, 0.2) is 0 Å². The van der Waals surface area contributed by atoms with E-state index in [0.29, 0.717) is 11.4 Å². The summed E-state index contributed by atoms with van der Waals surface area (Å²) in [5.74, 6) is 0.424. The molecule has 5 nitrogen and oxygen atoms in total. The molecule has 0 fully saturated rings. The molecule has 114 valence electrons. The highest BCUT2D eigenvalue weighted by Gasteiger charge is 2.17. The van der Waals surface area contributed by atoms with Crippen LogP contribution in [0.4, 0.5) is 5.69 Å². The van der Waals surface area contributed by atoms with Crippen molar-refractivity contribution in [3.05, 3.63) is 53.7 Å². The van der Waals surface area contributed by atoms with Gasteiger partial charge >= 0.3 is 0 Å². The number of fused-ring (bicyclic) bond motifs is 1. The van der Waals surface area contributed by atoms with Crippen molar-refractivity contribution in [3.8, 4) is 5.75 Å². The lowest BCUT2D eigenvalue weighted by atomic mass is 10.2. The molecule has 1 heterocycles. The highest BCUT2D eigenvalue weighted by atomic mass is 35.5. The van der Waals surface area contributed by atoms with Gasteiger partial charge in [-0.1, -0.05) is 17.7 Å². The van der Waals surface area contributed by atoms with E-state index < -0.39 is 10.0 Å². The number of aromatic nitrogens is 1. The SMILES string of the molecule is COc1ccc(S(=O)(=O)Nc2cccc3[nH]ccc23)cc1Cl. The van der Waals surface area contributed by atoms with Gasteiger partial charge in [0.2, 0.25) is 0 Å². The number of hydrogen-bond donors (Lipinski definition) is 2. The summed E-state index contributed by atoms with van der Waals surface area (Å²) in [6.45, 7) is 0. The van der Waals surface area contributed by atoms with E-state index in [1.54, 1.807) is 18.3 Å². The smallest absolute Gasteiger partial charge is 0.261 e. The van der Waals surface area contributed by atoms with Gasteiger partial charge in [-0.15, -0.1) is 0 Å². The molecular weight excluding hydrogens is 324 g/mol. The van der Waals surface area contributed by atoms with Gasteiger partial charge in [0.25, 0.3) is 10.0 Å². The summed E-state index contributed by atoms with van der Waals surface area (Å²) in [6.07, 6.45) is 1.76. The minimum atomic E-state index is -3.73. The molecule has 0 amide bonds. The molecule has 0 aliphatic carbocycles. The molecule has 0 bridgehead atoms. The number of anilines is 1. The van der Waals surface area contributed by atoms with Crippen LogP contribution in [-0.4, -0.2) is 20.5 Å². The van der Waals surface area contributed by atoms with Gasteiger partial charge in [-0.2, -0.15) is 0 Å². The van der Waals surface area contributed by atoms with Crippen LogP contribution in [0.25, 0.3) is 10.9 Å². The van der Waals surface area contributed by atoms with Gasteiger partial charge in [0, 0.05) is 17.1 Å². The maximum atomic E-state index is 12.5. The highest BCUT2D eigenvalue weighted by Crippen LogP contribution is 2.29. The molecule has 0 radical (unpaired) electrons. The van der Waals surface area contributed by atoms with Gasteiger partial charge in [-0.05, 0) is 36.4 Å². The van der Waals surface area contributed by atoms with E-state index in [4.69, 9.17) is 16.3 Å². The van der Waals surface area contributed by atoms with E-state index in [0.717, 1.165) is 10.9 Å². The molecule has 2 N–H and O–H groups in total. The van der Waals surface area contributed by atoms with E-state index in [2.05, 4.69) is 9.71 Å². The number of aromatic amines is 1. The molecule has 0 aliphatic heterocycles. The maximum absolute atomic E-state index is 12.5. The van der Waals surface area contributed by atoms with Gasteiger partial charge in [0.05, 0.1) is 22.7 Å².